The zero-order chi connectivity index (χ0) is 20.4. The van der Waals surface area contributed by atoms with E-state index in [1.807, 2.05) is 22.9 Å². The van der Waals surface area contributed by atoms with Gasteiger partial charge in [-0.1, -0.05) is 24.3 Å². The molecule has 4 aromatic rings. The Labute approximate surface area is 173 Å². The van der Waals surface area contributed by atoms with Crippen LogP contribution < -0.4 is 16.6 Å². The number of para-hydroxylation sites is 1. The van der Waals surface area contributed by atoms with Crippen molar-refractivity contribution >= 4 is 50.4 Å². The molecule has 0 unspecified atom stereocenters. The number of carbonyl (C=O) groups excluding carboxylic acids is 2. The zero-order valence-corrected chi connectivity index (χ0v) is 16.8. The van der Waals surface area contributed by atoms with Gasteiger partial charge in [-0.25, -0.2) is 4.98 Å². The van der Waals surface area contributed by atoms with Crippen molar-refractivity contribution in [1.29, 1.82) is 0 Å². The second-order valence-electron chi connectivity index (χ2n) is 6.33. The first-order chi connectivity index (χ1) is 14.0. The van der Waals surface area contributed by atoms with Gasteiger partial charge < -0.3 is 11.1 Å². The number of benzene rings is 1. The number of hydrogen-bond acceptors (Lipinski definition) is 6. The number of primary amides is 1. The summed E-state index contributed by atoms with van der Waals surface area (Å²) in [6.07, 6.45) is 1.40. The molecule has 0 fully saturated rings. The lowest BCUT2D eigenvalue weighted by Gasteiger charge is -2.11. The third-order valence-corrected chi connectivity index (χ3v) is 6.11. The van der Waals surface area contributed by atoms with E-state index in [0.717, 1.165) is 10.4 Å². The molecule has 0 spiro atoms. The first-order valence-electron chi connectivity index (χ1n) is 8.69. The SMILES string of the molecule is NC(=O)Cc1ccccc1NC(=O)Cn1cnc2scc(-c3cccs3)c2c1=O. The lowest BCUT2D eigenvalue weighted by molar-refractivity contribution is -0.118. The molecule has 0 bridgehead atoms. The smallest absolute Gasteiger partial charge is 0.263 e. The molecule has 0 atom stereocenters. The fraction of sp³-hybridized carbons (Fsp3) is 0.100. The minimum atomic E-state index is -0.490. The molecule has 3 N–H and O–H groups in total. The quantitative estimate of drug-likeness (QED) is 0.496. The molecule has 0 saturated heterocycles. The molecule has 29 heavy (non-hydrogen) atoms. The fourth-order valence-electron chi connectivity index (χ4n) is 3.02. The number of nitrogens with two attached hydrogens (primary N) is 1. The minimum Gasteiger partial charge on any atom is -0.369 e. The molecule has 0 saturated carbocycles. The highest BCUT2D eigenvalue weighted by Crippen LogP contribution is 2.33. The van der Waals surface area contributed by atoms with Gasteiger partial charge in [0.2, 0.25) is 11.8 Å². The Morgan fingerprint density at radius 2 is 1.97 bits per heavy atom. The number of carbonyl (C=O) groups is 2. The van der Waals surface area contributed by atoms with E-state index < -0.39 is 11.8 Å². The highest BCUT2D eigenvalue weighted by atomic mass is 32.1. The molecule has 3 heterocycles. The topological polar surface area (TPSA) is 107 Å². The number of rotatable bonds is 6. The number of thiophene rings is 2. The second-order valence-corrected chi connectivity index (χ2v) is 8.14. The number of fused-ring (bicyclic) bond motifs is 1. The predicted octanol–water partition coefficient (Wildman–Crippen LogP) is 2.85. The van der Waals surface area contributed by atoms with Crippen LogP contribution >= 0.6 is 22.7 Å². The summed E-state index contributed by atoms with van der Waals surface area (Å²) in [5.41, 5.74) is 6.94. The van der Waals surface area contributed by atoms with Crippen molar-refractivity contribution in [3.63, 3.8) is 0 Å². The predicted molar refractivity (Wildman–Crippen MR) is 115 cm³/mol. The van der Waals surface area contributed by atoms with Crippen molar-refractivity contribution in [3.05, 3.63) is 69.4 Å². The summed E-state index contributed by atoms with van der Waals surface area (Å²) < 4.78 is 1.29. The zero-order valence-electron chi connectivity index (χ0n) is 15.1. The number of nitrogens with zero attached hydrogens (tertiary/aromatic N) is 2. The lowest BCUT2D eigenvalue weighted by atomic mass is 10.1. The molecule has 0 aliphatic rings. The van der Waals surface area contributed by atoms with E-state index in [1.165, 1.54) is 22.2 Å². The Morgan fingerprint density at radius 1 is 1.14 bits per heavy atom. The average Bonchev–Trinajstić information content (AvgIpc) is 3.35. The van der Waals surface area contributed by atoms with E-state index in [2.05, 4.69) is 10.3 Å². The van der Waals surface area contributed by atoms with E-state index in [1.54, 1.807) is 35.6 Å². The summed E-state index contributed by atoms with van der Waals surface area (Å²) in [7, 11) is 0. The summed E-state index contributed by atoms with van der Waals surface area (Å²) in [6, 6.07) is 10.8. The minimum absolute atomic E-state index is 0.0169. The standard InChI is InChI=1S/C20H16N4O3S2/c21-16(25)8-12-4-1-2-5-14(12)23-17(26)9-24-11-22-19-18(20(24)27)13(10-29-19)15-6-3-7-28-15/h1-7,10-11H,8-9H2,(H2,21,25)(H,23,26). The number of aromatic nitrogens is 2. The highest BCUT2D eigenvalue weighted by molar-refractivity contribution is 7.18. The van der Waals surface area contributed by atoms with Gasteiger partial charge in [0.15, 0.2) is 0 Å². The van der Waals surface area contributed by atoms with Gasteiger partial charge in [0.05, 0.1) is 18.1 Å². The number of hydrogen-bond donors (Lipinski definition) is 2. The van der Waals surface area contributed by atoms with Crippen LogP contribution in [0, 0.1) is 0 Å². The van der Waals surface area contributed by atoms with Crippen LogP contribution in [0.5, 0.6) is 0 Å². The summed E-state index contributed by atoms with van der Waals surface area (Å²) in [4.78, 5) is 42.7. The molecule has 7 nitrogen and oxygen atoms in total. The molecular formula is C20H16N4O3S2. The molecule has 146 valence electrons. The average molecular weight is 425 g/mol. The Kier molecular flexibility index (Phi) is 5.24. The molecule has 4 rings (SSSR count). The van der Waals surface area contributed by atoms with Gasteiger partial charge in [0, 0.05) is 21.5 Å². The third-order valence-electron chi connectivity index (χ3n) is 4.32. The number of nitrogens with one attached hydrogen (secondary N) is 1. The van der Waals surface area contributed by atoms with Crippen LogP contribution in [-0.4, -0.2) is 21.4 Å². The molecule has 2 amide bonds. The van der Waals surface area contributed by atoms with Crippen molar-refractivity contribution in [2.45, 2.75) is 13.0 Å². The summed E-state index contributed by atoms with van der Waals surface area (Å²) in [6.45, 7) is -0.188. The molecule has 0 radical (unpaired) electrons. The molecular weight excluding hydrogens is 408 g/mol. The fourth-order valence-corrected chi connectivity index (χ4v) is 4.74. The van der Waals surface area contributed by atoms with Gasteiger partial charge in [-0.2, -0.15) is 0 Å². The van der Waals surface area contributed by atoms with Crippen LogP contribution in [0.3, 0.4) is 0 Å². The first-order valence-corrected chi connectivity index (χ1v) is 10.5. The second kappa shape index (κ2) is 7.98. The number of amides is 2. The van der Waals surface area contributed by atoms with E-state index in [0.29, 0.717) is 21.5 Å². The van der Waals surface area contributed by atoms with Gasteiger partial charge >= 0.3 is 0 Å². The molecule has 9 heteroatoms. The van der Waals surface area contributed by atoms with Crippen molar-refractivity contribution < 1.29 is 9.59 Å². The summed E-state index contributed by atoms with van der Waals surface area (Å²) in [5, 5.41) is 7.12. The molecule has 0 aliphatic heterocycles. The van der Waals surface area contributed by atoms with Crippen molar-refractivity contribution in [3.8, 4) is 10.4 Å². The maximum Gasteiger partial charge on any atom is 0.263 e. The number of anilines is 1. The third kappa shape index (κ3) is 3.96. The van der Waals surface area contributed by atoms with E-state index in [-0.39, 0.29) is 18.5 Å². The molecule has 1 aromatic carbocycles. The van der Waals surface area contributed by atoms with Crippen LogP contribution in [0.4, 0.5) is 5.69 Å². The van der Waals surface area contributed by atoms with Crippen molar-refractivity contribution in [2.24, 2.45) is 5.73 Å². The lowest BCUT2D eigenvalue weighted by Crippen LogP contribution is -2.28. The summed E-state index contributed by atoms with van der Waals surface area (Å²) in [5.74, 6) is -0.880. The van der Waals surface area contributed by atoms with Gasteiger partial charge in [0.25, 0.3) is 5.56 Å². The van der Waals surface area contributed by atoms with E-state index >= 15 is 0 Å². The molecule has 3 aromatic heterocycles. The first kappa shape index (κ1) is 19.0. The summed E-state index contributed by atoms with van der Waals surface area (Å²) >= 11 is 2.95. The van der Waals surface area contributed by atoms with Gasteiger partial charge in [-0.05, 0) is 23.1 Å². The maximum atomic E-state index is 13.0. The van der Waals surface area contributed by atoms with E-state index in [9.17, 15) is 14.4 Å². The van der Waals surface area contributed by atoms with Gasteiger partial charge in [0.1, 0.15) is 11.4 Å². The van der Waals surface area contributed by atoms with Gasteiger partial charge in [-0.3, -0.25) is 19.0 Å². The normalized spacial score (nSPS) is 10.9. The maximum absolute atomic E-state index is 13.0. The van der Waals surface area contributed by atoms with E-state index in [4.69, 9.17) is 5.73 Å². The Balaban J connectivity index is 1.61. The van der Waals surface area contributed by atoms with Gasteiger partial charge in [-0.15, -0.1) is 22.7 Å². The Bertz CT molecular complexity index is 1260. The van der Waals surface area contributed by atoms with Crippen LogP contribution in [0.25, 0.3) is 20.7 Å². The van der Waals surface area contributed by atoms with Crippen molar-refractivity contribution in [1.82, 2.24) is 9.55 Å². The van der Waals surface area contributed by atoms with Crippen molar-refractivity contribution in [2.75, 3.05) is 5.32 Å². The van der Waals surface area contributed by atoms with Crippen LogP contribution in [0.2, 0.25) is 0 Å². The van der Waals surface area contributed by atoms with Crippen LogP contribution in [-0.2, 0) is 22.6 Å². The Hall–Kier alpha value is -3.30. The highest BCUT2D eigenvalue weighted by Gasteiger charge is 2.16. The van der Waals surface area contributed by atoms with Crippen LogP contribution in [0.15, 0.2) is 58.3 Å². The van der Waals surface area contributed by atoms with Crippen LogP contribution in [0.1, 0.15) is 5.56 Å². The molecule has 0 aliphatic carbocycles. The largest absolute Gasteiger partial charge is 0.369 e. The Morgan fingerprint density at radius 3 is 2.72 bits per heavy atom. The monoisotopic (exact) mass is 424 g/mol.